The number of anilines is 2. The van der Waals surface area contributed by atoms with Crippen LogP contribution in [0.4, 0.5) is 11.5 Å². The topological polar surface area (TPSA) is 71.6 Å². The van der Waals surface area contributed by atoms with Crippen LogP contribution >= 0.6 is 0 Å². The lowest BCUT2D eigenvalue weighted by molar-refractivity contribution is 0.0695. The second-order valence-corrected chi connectivity index (χ2v) is 3.40. The molecule has 0 radical (unpaired) electrons. The molecule has 0 saturated heterocycles. The molecule has 5 heteroatoms. The number of aliphatic hydroxyl groups is 1. The predicted octanol–water partition coefficient (Wildman–Crippen LogP) is 0.107. The highest BCUT2D eigenvalue weighted by molar-refractivity contribution is 5.62. The molecule has 0 aliphatic heterocycles. The summed E-state index contributed by atoms with van der Waals surface area (Å²) in [5, 5.41) is 9.54. The number of ether oxygens (including phenoxy) is 1. The molecular formula is C10H17N3O2. The second kappa shape index (κ2) is 5.53. The molecule has 3 N–H and O–H groups in total. The molecule has 1 atom stereocenters. The fourth-order valence-corrected chi connectivity index (χ4v) is 1.39. The number of nitrogen functional groups attached to an aromatic ring is 1. The minimum absolute atomic E-state index is 0.310. The number of likely N-dealkylation sites (N-methyl/N-ethyl adjacent to an activating group) is 1. The van der Waals surface area contributed by atoms with Gasteiger partial charge in [0.2, 0.25) is 0 Å². The summed E-state index contributed by atoms with van der Waals surface area (Å²) in [6.07, 6.45) is 1.11. The third-order valence-corrected chi connectivity index (χ3v) is 2.07. The minimum Gasteiger partial charge on any atom is -0.389 e. The molecule has 1 rings (SSSR count). The van der Waals surface area contributed by atoms with Gasteiger partial charge in [-0.15, -0.1) is 0 Å². The number of aromatic nitrogens is 1. The Bertz CT molecular complexity index is 306. The van der Waals surface area contributed by atoms with Gasteiger partial charge in [0.05, 0.1) is 18.4 Å². The van der Waals surface area contributed by atoms with E-state index in [0.717, 1.165) is 5.69 Å². The molecule has 0 aliphatic carbocycles. The third-order valence-electron chi connectivity index (χ3n) is 2.07. The Kier molecular flexibility index (Phi) is 4.33. The molecule has 1 heterocycles. The molecule has 0 bridgehead atoms. The van der Waals surface area contributed by atoms with Crippen molar-refractivity contribution in [3.05, 3.63) is 18.3 Å². The number of hydrogen-bond donors (Lipinski definition) is 2. The van der Waals surface area contributed by atoms with Crippen LogP contribution in [0, 0.1) is 0 Å². The van der Waals surface area contributed by atoms with Crippen LogP contribution < -0.4 is 10.6 Å². The van der Waals surface area contributed by atoms with Gasteiger partial charge < -0.3 is 20.5 Å². The number of methoxy groups -OCH3 is 1. The largest absolute Gasteiger partial charge is 0.389 e. The monoisotopic (exact) mass is 211 g/mol. The highest BCUT2D eigenvalue weighted by Crippen LogP contribution is 2.18. The van der Waals surface area contributed by atoms with Crippen molar-refractivity contribution in [2.75, 3.05) is 37.9 Å². The number of hydrogen-bond acceptors (Lipinski definition) is 5. The fourth-order valence-electron chi connectivity index (χ4n) is 1.39. The van der Waals surface area contributed by atoms with Crippen LogP contribution in [0.5, 0.6) is 0 Å². The van der Waals surface area contributed by atoms with Crippen LogP contribution in [0.3, 0.4) is 0 Å². The van der Waals surface area contributed by atoms with Crippen LogP contribution in [0.25, 0.3) is 0 Å². The first-order valence-corrected chi connectivity index (χ1v) is 4.73. The summed E-state index contributed by atoms with van der Waals surface area (Å²) < 4.78 is 4.85. The van der Waals surface area contributed by atoms with Gasteiger partial charge in [-0.05, 0) is 12.1 Å². The molecular weight excluding hydrogens is 194 g/mol. The van der Waals surface area contributed by atoms with Crippen molar-refractivity contribution in [2.45, 2.75) is 6.10 Å². The smallest absolute Gasteiger partial charge is 0.146 e. The van der Waals surface area contributed by atoms with Crippen molar-refractivity contribution >= 4 is 11.5 Å². The summed E-state index contributed by atoms with van der Waals surface area (Å²) in [7, 11) is 3.41. The standard InChI is InChI=1S/C10H17N3O2/c1-13(6-8(14)7-15-2)9-4-3-5-12-10(9)11/h3-5,8,14H,6-7H2,1-2H3,(H2,11,12). The molecule has 5 nitrogen and oxygen atoms in total. The van der Waals surface area contributed by atoms with Gasteiger partial charge in [0.1, 0.15) is 5.82 Å². The summed E-state index contributed by atoms with van der Waals surface area (Å²) in [5.41, 5.74) is 6.52. The molecule has 1 aromatic heterocycles. The third kappa shape index (κ3) is 3.38. The average Bonchev–Trinajstić information content (AvgIpc) is 2.18. The van der Waals surface area contributed by atoms with Gasteiger partial charge in [-0.2, -0.15) is 0 Å². The zero-order valence-corrected chi connectivity index (χ0v) is 9.05. The first kappa shape index (κ1) is 11.7. The highest BCUT2D eigenvalue weighted by Gasteiger charge is 2.10. The van der Waals surface area contributed by atoms with E-state index in [1.165, 1.54) is 0 Å². The van der Waals surface area contributed by atoms with Gasteiger partial charge in [0.15, 0.2) is 0 Å². The van der Waals surface area contributed by atoms with E-state index in [1.807, 2.05) is 24.1 Å². The molecule has 0 aliphatic rings. The van der Waals surface area contributed by atoms with Gasteiger partial charge in [0.25, 0.3) is 0 Å². The van der Waals surface area contributed by atoms with Gasteiger partial charge in [-0.3, -0.25) is 0 Å². The Morgan fingerprint density at radius 3 is 3.00 bits per heavy atom. The van der Waals surface area contributed by atoms with Crippen molar-refractivity contribution in [3.63, 3.8) is 0 Å². The maximum atomic E-state index is 9.54. The second-order valence-electron chi connectivity index (χ2n) is 3.40. The number of rotatable bonds is 5. The number of pyridine rings is 1. The molecule has 84 valence electrons. The van der Waals surface area contributed by atoms with Crippen molar-refractivity contribution < 1.29 is 9.84 Å². The quantitative estimate of drug-likeness (QED) is 0.723. The Morgan fingerprint density at radius 1 is 1.67 bits per heavy atom. The van der Waals surface area contributed by atoms with Crippen molar-refractivity contribution in [3.8, 4) is 0 Å². The van der Waals surface area contributed by atoms with E-state index in [4.69, 9.17) is 10.5 Å². The molecule has 15 heavy (non-hydrogen) atoms. The first-order valence-electron chi connectivity index (χ1n) is 4.73. The Labute approximate surface area is 89.5 Å². The lowest BCUT2D eigenvalue weighted by Crippen LogP contribution is -2.32. The molecule has 1 unspecified atom stereocenters. The van der Waals surface area contributed by atoms with Crippen LogP contribution in [0.1, 0.15) is 0 Å². The molecule has 0 spiro atoms. The zero-order chi connectivity index (χ0) is 11.3. The molecule has 1 aromatic rings. The number of nitrogens with zero attached hydrogens (tertiary/aromatic N) is 2. The maximum absolute atomic E-state index is 9.54. The molecule has 0 saturated carbocycles. The van der Waals surface area contributed by atoms with Crippen LogP contribution in [-0.2, 0) is 4.74 Å². The minimum atomic E-state index is -0.528. The van der Waals surface area contributed by atoms with Gasteiger partial charge in [-0.1, -0.05) is 0 Å². The van der Waals surface area contributed by atoms with Gasteiger partial charge in [0, 0.05) is 26.9 Å². The van der Waals surface area contributed by atoms with E-state index in [-0.39, 0.29) is 0 Å². The zero-order valence-electron chi connectivity index (χ0n) is 9.05. The summed E-state index contributed by atoms with van der Waals surface area (Å²) >= 11 is 0. The van der Waals surface area contributed by atoms with Crippen LogP contribution in [0.15, 0.2) is 18.3 Å². The van der Waals surface area contributed by atoms with E-state index in [0.29, 0.717) is 19.0 Å². The fraction of sp³-hybridized carbons (Fsp3) is 0.500. The van der Waals surface area contributed by atoms with Gasteiger partial charge >= 0.3 is 0 Å². The average molecular weight is 211 g/mol. The summed E-state index contributed by atoms with van der Waals surface area (Å²) in [6.45, 7) is 0.772. The Hall–Kier alpha value is -1.33. The molecule has 0 fully saturated rings. The van der Waals surface area contributed by atoms with E-state index in [9.17, 15) is 5.11 Å². The Balaban J connectivity index is 2.61. The number of nitrogens with two attached hydrogens (primary N) is 1. The van der Waals surface area contributed by atoms with E-state index in [2.05, 4.69) is 4.98 Å². The molecule has 0 amide bonds. The van der Waals surface area contributed by atoms with Crippen molar-refractivity contribution in [1.82, 2.24) is 4.98 Å². The van der Waals surface area contributed by atoms with E-state index in [1.54, 1.807) is 13.3 Å². The lowest BCUT2D eigenvalue weighted by Gasteiger charge is -2.22. The predicted molar refractivity (Wildman–Crippen MR) is 59.8 cm³/mol. The van der Waals surface area contributed by atoms with Crippen molar-refractivity contribution in [2.24, 2.45) is 0 Å². The summed E-state index contributed by atoms with van der Waals surface area (Å²) in [4.78, 5) is 5.83. The number of aliphatic hydroxyl groups excluding tert-OH is 1. The summed E-state index contributed by atoms with van der Waals surface area (Å²) in [5.74, 6) is 0.463. The SMILES string of the molecule is COCC(O)CN(C)c1cccnc1N. The van der Waals surface area contributed by atoms with E-state index >= 15 is 0 Å². The van der Waals surface area contributed by atoms with E-state index < -0.39 is 6.10 Å². The maximum Gasteiger partial charge on any atom is 0.146 e. The first-order chi connectivity index (χ1) is 7.15. The molecule has 0 aromatic carbocycles. The van der Waals surface area contributed by atoms with Crippen LogP contribution in [-0.4, -0.2) is 43.5 Å². The Morgan fingerprint density at radius 2 is 2.40 bits per heavy atom. The summed E-state index contributed by atoms with van der Waals surface area (Å²) in [6, 6.07) is 3.67. The van der Waals surface area contributed by atoms with Crippen LogP contribution in [0.2, 0.25) is 0 Å². The lowest BCUT2D eigenvalue weighted by atomic mass is 10.3. The normalized spacial score (nSPS) is 12.5. The highest BCUT2D eigenvalue weighted by atomic mass is 16.5. The van der Waals surface area contributed by atoms with Crippen molar-refractivity contribution in [1.29, 1.82) is 0 Å². The van der Waals surface area contributed by atoms with Gasteiger partial charge in [-0.25, -0.2) is 4.98 Å².